The minimum Gasteiger partial charge on any atom is -0.491 e. The van der Waals surface area contributed by atoms with Gasteiger partial charge in [0.1, 0.15) is 23.2 Å². The van der Waals surface area contributed by atoms with E-state index in [1.54, 1.807) is 29.8 Å². The Morgan fingerprint density at radius 3 is 2.48 bits per heavy atom. The minimum atomic E-state index is -0.643. The summed E-state index contributed by atoms with van der Waals surface area (Å²) in [4.78, 5) is 27.8. The van der Waals surface area contributed by atoms with Gasteiger partial charge in [0.05, 0.1) is 30.3 Å². The number of amides is 2. The van der Waals surface area contributed by atoms with Crippen molar-refractivity contribution < 1.29 is 18.7 Å². The number of furan rings is 1. The molecule has 0 fully saturated rings. The molecule has 0 saturated carbocycles. The number of hydrogen-bond donors (Lipinski definition) is 0. The Balaban J connectivity index is 1.65. The lowest BCUT2D eigenvalue weighted by atomic mass is 9.93. The van der Waals surface area contributed by atoms with Gasteiger partial charge in [-0.1, -0.05) is 18.2 Å². The van der Waals surface area contributed by atoms with E-state index < -0.39 is 11.8 Å². The molecular formula is C32H28N4O4. The third kappa shape index (κ3) is 5.09. The van der Waals surface area contributed by atoms with Crippen LogP contribution in [0.3, 0.4) is 0 Å². The Kier molecular flexibility index (Phi) is 7.21. The van der Waals surface area contributed by atoms with Crippen LogP contribution in [0, 0.1) is 18.3 Å². The predicted molar refractivity (Wildman–Crippen MR) is 150 cm³/mol. The number of rotatable bonds is 7. The normalized spacial score (nSPS) is 14.8. The first-order chi connectivity index (χ1) is 19.3. The number of aromatic nitrogens is 2. The Bertz CT molecular complexity index is 1690. The third-order valence-corrected chi connectivity index (χ3v) is 6.59. The van der Waals surface area contributed by atoms with E-state index in [0.29, 0.717) is 22.6 Å². The molecule has 0 bridgehead atoms. The number of hydrogen-bond acceptors (Lipinski definition) is 6. The van der Waals surface area contributed by atoms with Crippen molar-refractivity contribution in [2.75, 3.05) is 0 Å². The van der Waals surface area contributed by atoms with Crippen LogP contribution in [0.2, 0.25) is 0 Å². The lowest BCUT2D eigenvalue weighted by Crippen LogP contribution is -2.42. The number of ether oxygens (including phenoxy) is 1. The molecule has 2 aromatic heterocycles. The first-order valence-corrected chi connectivity index (χ1v) is 12.9. The largest absolute Gasteiger partial charge is 0.491 e. The molecule has 5 rings (SSSR count). The second-order valence-corrected chi connectivity index (χ2v) is 9.81. The van der Waals surface area contributed by atoms with Gasteiger partial charge < -0.3 is 9.15 Å². The molecule has 3 heterocycles. The summed E-state index contributed by atoms with van der Waals surface area (Å²) in [6.07, 6.45) is 5.05. The summed E-state index contributed by atoms with van der Waals surface area (Å²) in [6, 6.07) is 20.8. The minimum absolute atomic E-state index is 0.0374. The molecule has 2 aromatic carbocycles. The summed E-state index contributed by atoms with van der Waals surface area (Å²) in [7, 11) is 0. The SMILES string of the molecule is CC1=C(C#N)C(=O)N(Cc2ccco2)C(=O)/C1=C/c1cn(-c2ccccc2)nc1-c1ccc(OC(C)C)c(C)c1. The van der Waals surface area contributed by atoms with Crippen molar-refractivity contribution in [1.29, 1.82) is 5.26 Å². The smallest absolute Gasteiger partial charge is 0.272 e. The van der Waals surface area contributed by atoms with Crippen molar-refractivity contribution in [2.24, 2.45) is 0 Å². The number of benzene rings is 2. The highest BCUT2D eigenvalue weighted by Gasteiger charge is 2.36. The van der Waals surface area contributed by atoms with Crippen LogP contribution in [-0.4, -0.2) is 32.6 Å². The van der Waals surface area contributed by atoms with Gasteiger partial charge in [0.15, 0.2) is 0 Å². The van der Waals surface area contributed by atoms with Crippen LogP contribution < -0.4 is 4.74 Å². The van der Waals surface area contributed by atoms with E-state index in [-0.39, 0.29) is 23.8 Å². The van der Waals surface area contributed by atoms with Gasteiger partial charge in [-0.05, 0) is 87.4 Å². The number of nitrogens with zero attached hydrogens (tertiary/aromatic N) is 4. The first kappa shape index (κ1) is 26.4. The van der Waals surface area contributed by atoms with Gasteiger partial charge in [-0.2, -0.15) is 10.4 Å². The monoisotopic (exact) mass is 532 g/mol. The standard InChI is InChI=1S/C32H28N4O4/c1-20(2)40-29-13-12-23(15-21(29)3)30-24(18-36(34-30)25-9-6-5-7-10-25)16-27-22(4)28(17-33)32(38)35(31(27)37)19-26-11-8-14-39-26/h5-16,18,20H,19H2,1-4H3/b27-16+. The number of carbonyl (C=O) groups excluding carboxylic acids is 2. The Morgan fingerprint density at radius 1 is 1.05 bits per heavy atom. The molecule has 8 nitrogen and oxygen atoms in total. The van der Waals surface area contributed by atoms with Gasteiger partial charge in [-0.3, -0.25) is 14.5 Å². The summed E-state index contributed by atoms with van der Waals surface area (Å²) >= 11 is 0. The van der Waals surface area contributed by atoms with Gasteiger partial charge in [-0.15, -0.1) is 0 Å². The van der Waals surface area contributed by atoms with E-state index in [1.807, 2.05) is 81.6 Å². The van der Waals surface area contributed by atoms with Crippen molar-refractivity contribution in [3.05, 3.63) is 107 Å². The summed E-state index contributed by atoms with van der Waals surface area (Å²) in [5.74, 6) is 0.0751. The average molecular weight is 533 g/mol. The van der Waals surface area contributed by atoms with Crippen LogP contribution in [0.25, 0.3) is 23.0 Å². The van der Waals surface area contributed by atoms with Crippen molar-refractivity contribution >= 4 is 17.9 Å². The van der Waals surface area contributed by atoms with Crippen LogP contribution in [-0.2, 0) is 16.1 Å². The van der Waals surface area contributed by atoms with Crippen LogP contribution >= 0.6 is 0 Å². The highest BCUT2D eigenvalue weighted by Crippen LogP contribution is 2.33. The molecule has 8 heteroatoms. The van der Waals surface area contributed by atoms with Crippen molar-refractivity contribution in [1.82, 2.24) is 14.7 Å². The number of carbonyl (C=O) groups is 2. The zero-order valence-corrected chi connectivity index (χ0v) is 22.7. The molecule has 40 heavy (non-hydrogen) atoms. The lowest BCUT2D eigenvalue weighted by Gasteiger charge is -2.26. The molecule has 0 N–H and O–H groups in total. The van der Waals surface area contributed by atoms with Crippen LogP contribution in [0.5, 0.6) is 5.75 Å². The molecule has 0 radical (unpaired) electrons. The van der Waals surface area contributed by atoms with Crippen LogP contribution in [0.15, 0.2) is 94.3 Å². The van der Waals surface area contributed by atoms with Gasteiger partial charge >= 0.3 is 0 Å². The molecular weight excluding hydrogens is 504 g/mol. The molecule has 0 aliphatic carbocycles. The fraction of sp³-hybridized carbons (Fsp3) is 0.188. The van der Waals surface area contributed by atoms with Crippen LogP contribution in [0.4, 0.5) is 0 Å². The second kappa shape index (κ2) is 10.9. The van der Waals surface area contributed by atoms with Crippen molar-refractivity contribution in [2.45, 2.75) is 40.3 Å². The van der Waals surface area contributed by atoms with Gasteiger partial charge in [-0.25, -0.2) is 4.68 Å². The molecule has 1 aliphatic heterocycles. The number of imide groups is 1. The Labute approximate surface area is 232 Å². The summed E-state index contributed by atoms with van der Waals surface area (Å²) in [6.45, 7) is 7.47. The molecule has 0 atom stereocenters. The second-order valence-electron chi connectivity index (χ2n) is 9.81. The molecule has 4 aromatic rings. The van der Waals surface area contributed by atoms with E-state index in [4.69, 9.17) is 14.3 Å². The van der Waals surface area contributed by atoms with E-state index in [0.717, 1.165) is 27.5 Å². The fourth-order valence-electron chi connectivity index (χ4n) is 4.60. The predicted octanol–water partition coefficient (Wildman–Crippen LogP) is 6.02. The fourth-order valence-corrected chi connectivity index (χ4v) is 4.60. The van der Waals surface area contributed by atoms with Crippen molar-refractivity contribution in [3.63, 3.8) is 0 Å². The highest BCUT2D eigenvalue weighted by molar-refractivity contribution is 6.19. The molecule has 2 amide bonds. The number of para-hydroxylation sites is 1. The van der Waals surface area contributed by atoms with Gasteiger partial charge in [0.2, 0.25) is 0 Å². The van der Waals surface area contributed by atoms with E-state index in [1.165, 1.54) is 6.26 Å². The first-order valence-electron chi connectivity index (χ1n) is 12.9. The van der Waals surface area contributed by atoms with Gasteiger partial charge in [0.25, 0.3) is 11.8 Å². The topological polar surface area (TPSA) is 101 Å². The maximum absolute atomic E-state index is 13.7. The maximum Gasteiger partial charge on any atom is 0.272 e. The Hall–Kier alpha value is -5.16. The average Bonchev–Trinajstić information content (AvgIpc) is 3.61. The quantitative estimate of drug-likeness (QED) is 0.213. The highest BCUT2D eigenvalue weighted by atomic mass is 16.5. The van der Waals surface area contributed by atoms with Gasteiger partial charge in [0, 0.05) is 22.9 Å². The van der Waals surface area contributed by atoms with E-state index in [9.17, 15) is 14.9 Å². The van der Waals surface area contributed by atoms with Crippen LogP contribution in [0.1, 0.15) is 37.7 Å². The number of aryl methyl sites for hydroxylation is 1. The molecule has 200 valence electrons. The maximum atomic E-state index is 13.7. The summed E-state index contributed by atoms with van der Waals surface area (Å²) in [5.41, 5.74) is 4.42. The zero-order chi connectivity index (χ0) is 28.4. The Morgan fingerprint density at radius 2 is 1.82 bits per heavy atom. The summed E-state index contributed by atoms with van der Waals surface area (Å²) < 4.78 is 13.0. The van der Waals surface area contributed by atoms with E-state index in [2.05, 4.69) is 0 Å². The summed E-state index contributed by atoms with van der Waals surface area (Å²) in [5, 5.41) is 14.7. The molecule has 1 aliphatic rings. The van der Waals surface area contributed by atoms with Crippen molar-refractivity contribution in [3.8, 4) is 28.8 Å². The molecule has 0 unspecified atom stereocenters. The van der Waals surface area contributed by atoms with E-state index >= 15 is 0 Å². The number of nitriles is 1. The zero-order valence-electron chi connectivity index (χ0n) is 22.7. The molecule has 0 saturated heterocycles. The third-order valence-electron chi connectivity index (χ3n) is 6.59. The molecule has 0 spiro atoms. The lowest BCUT2D eigenvalue weighted by molar-refractivity contribution is -0.141.